The van der Waals surface area contributed by atoms with Crippen molar-refractivity contribution in [1.82, 2.24) is 25.2 Å². The summed E-state index contributed by atoms with van der Waals surface area (Å²) < 4.78 is 0. The topological polar surface area (TPSA) is 94.2 Å². The predicted octanol–water partition coefficient (Wildman–Crippen LogP) is 1.95. The van der Waals surface area contributed by atoms with E-state index in [0.717, 1.165) is 47.5 Å². The van der Waals surface area contributed by atoms with Gasteiger partial charge in [-0.2, -0.15) is 0 Å². The highest BCUT2D eigenvalue weighted by atomic mass is 16.1. The highest BCUT2D eigenvalue weighted by Crippen LogP contribution is 2.45. The van der Waals surface area contributed by atoms with Crippen molar-refractivity contribution in [3.63, 3.8) is 0 Å². The van der Waals surface area contributed by atoms with E-state index in [1.807, 2.05) is 25.3 Å². The summed E-state index contributed by atoms with van der Waals surface area (Å²) in [4.78, 5) is 40.8. The van der Waals surface area contributed by atoms with Gasteiger partial charge in [-0.15, -0.1) is 0 Å². The van der Waals surface area contributed by atoms with Crippen LogP contribution < -0.4 is 15.8 Å². The van der Waals surface area contributed by atoms with Crippen molar-refractivity contribution in [2.75, 3.05) is 25.0 Å². The van der Waals surface area contributed by atoms with Gasteiger partial charge in [0.2, 0.25) is 0 Å². The van der Waals surface area contributed by atoms with Crippen LogP contribution in [0.2, 0.25) is 0 Å². The molecule has 5 rings (SSSR count). The number of aromatic nitrogens is 3. The average Bonchev–Trinajstić information content (AvgIpc) is 3.50. The van der Waals surface area contributed by atoms with E-state index in [4.69, 9.17) is 0 Å². The summed E-state index contributed by atoms with van der Waals surface area (Å²) in [5.41, 5.74) is 4.98. The summed E-state index contributed by atoms with van der Waals surface area (Å²) in [6, 6.07) is 8.63. The third-order valence-corrected chi connectivity index (χ3v) is 6.83. The molecule has 0 bridgehead atoms. The SMILES string of the molecule is CCc1cc2ncc(CN3CCN(c4ccc(C(=O)NC)nc4)[C@H]4[C@@H](C)[C@H]43)cc2[nH]c1=O. The van der Waals surface area contributed by atoms with Gasteiger partial charge in [0.15, 0.2) is 0 Å². The first-order valence-corrected chi connectivity index (χ1v) is 11.2. The van der Waals surface area contributed by atoms with Crippen LogP contribution >= 0.6 is 0 Å². The molecular formula is C24H28N6O2. The van der Waals surface area contributed by atoms with E-state index < -0.39 is 0 Å². The first kappa shape index (κ1) is 20.6. The molecule has 32 heavy (non-hydrogen) atoms. The molecule has 1 amide bonds. The molecule has 3 aromatic heterocycles. The van der Waals surface area contributed by atoms with Crippen LogP contribution in [-0.4, -0.2) is 58.0 Å². The Morgan fingerprint density at radius 1 is 1.19 bits per heavy atom. The van der Waals surface area contributed by atoms with Gasteiger partial charge in [-0.25, -0.2) is 4.98 Å². The number of nitrogens with zero attached hydrogens (tertiary/aromatic N) is 4. The van der Waals surface area contributed by atoms with Crippen LogP contribution in [0.4, 0.5) is 5.69 Å². The second-order valence-corrected chi connectivity index (χ2v) is 8.74. The number of anilines is 1. The molecule has 0 radical (unpaired) electrons. The van der Waals surface area contributed by atoms with Gasteiger partial charge in [0.25, 0.3) is 11.5 Å². The molecule has 2 aliphatic rings. The Morgan fingerprint density at radius 2 is 2.03 bits per heavy atom. The summed E-state index contributed by atoms with van der Waals surface area (Å²) in [5, 5.41) is 2.61. The predicted molar refractivity (Wildman–Crippen MR) is 124 cm³/mol. The number of rotatable bonds is 5. The number of aryl methyl sites for hydroxylation is 1. The molecule has 0 spiro atoms. The molecule has 0 unspecified atom stereocenters. The summed E-state index contributed by atoms with van der Waals surface area (Å²) in [6.07, 6.45) is 4.43. The van der Waals surface area contributed by atoms with Crippen LogP contribution in [0.3, 0.4) is 0 Å². The minimum atomic E-state index is -0.171. The van der Waals surface area contributed by atoms with E-state index in [2.05, 4.69) is 43.1 Å². The highest BCUT2D eigenvalue weighted by molar-refractivity contribution is 5.92. The van der Waals surface area contributed by atoms with Gasteiger partial charge in [-0.05, 0) is 42.2 Å². The molecular weight excluding hydrogens is 404 g/mol. The van der Waals surface area contributed by atoms with Crippen LogP contribution in [-0.2, 0) is 13.0 Å². The number of carbonyl (C=O) groups is 1. The Labute approximate surface area is 186 Å². The molecule has 166 valence electrons. The molecule has 1 aliphatic heterocycles. The number of hydrogen-bond donors (Lipinski definition) is 2. The number of amides is 1. The van der Waals surface area contributed by atoms with Crippen LogP contribution in [0.15, 0.2) is 41.5 Å². The van der Waals surface area contributed by atoms with Gasteiger partial charge in [-0.1, -0.05) is 13.8 Å². The number of carbonyl (C=O) groups excluding carboxylic acids is 1. The smallest absolute Gasteiger partial charge is 0.269 e. The van der Waals surface area contributed by atoms with Crippen molar-refractivity contribution in [3.8, 4) is 0 Å². The van der Waals surface area contributed by atoms with Crippen molar-refractivity contribution >= 4 is 22.6 Å². The van der Waals surface area contributed by atoms with E-state index in [1.165, 1.54) is 0 Å². The zero-order valence-electron chi connectivity index (χ0n) is 18.6. The average molecular weight is 433 g/mol. The van der Waals surface area contributed by atoms with Crippen LogP contribution in [0.1, 0.15) is 35.5 Å². The maximum atomic E-state index is 12.2. The molecule has 4 heterocycles. The summed E-state index contributed by atoms with van der Waals surface area (Å²) in [5.74, 6) is 0.381. The Hall–Kier alpha value is -3.26. The van der Waals surface area contributed by atoms with Crippen molar-refractivity contribution in [1.29, 1.82) is 0 Å². The third-order valence-electron chi connectivity index (χ3n) is 6.83. The first-order valence-electron chi connectivity index (χ1n) is 11.2. The normalized spacial score (nSPS) is 22.6. The lowest BCUT2D eigenvalue weighted by atomic mass is 10.1. The maximum Gasteiger partial charge on any atom is 0.269 e. The third kappa shape index (κ3) is 3.54. The summed E-state index contributed by atoms with van der Waals surface area (Å²) >= 11 is 0. The number of piperazine rings is 1. The second-order valence-electron chi connectivity index (χ2n) is 8.74. The second kappa shape index (κ2) is 8.02. The van der Waals surface area contributed by atoms with Crippen molar-refractivity contribution in [2.45, 2.75) is 38.9 Å². The number of nitrogens with one attached hydrogen (secondary N) is 2. The molecule has 3 atom stereocenters. The van der Waals surface area contributed by atoms with Gasteiger partial charge in [0.05, 0.1) is 22.9 Å². The number of hydrogen-bond acceptors (Lipinski definition) is 6. The lowest BCUT2D eigenvalue weighted by Crippen LogP contribution is -2.46. The van der Waals surface area contributed by atoms with Crippen LogP contribution in [0.25, 0.3) is 11.0 Å². The zero-order valence-corrected chi connectivity index (χ0v) is 18.6. The fourth-order valence-corrected chi connectivity index (χ4v) is 5.03. The van der Waals surface area contributed by atoms with Gasteiger partial charge < -0.3 is 15.2 Å². The standard InChI is InChI=1S/C24H28N6O2/c1-4-16-10-19-20(28-23(16)31)9-15(11-26-19)13-29-7-8-30(22-14(2)21(22)29)17-5-6-18(27-12-17)24(32)25-3/h5-6,9-12,14,21-22H,4,7-8,13H2,1-3H3,(H,25,32)(H,28,31)/t14-,21+,22-/m0/s1. The van der Waals surface area contributed by atoms with E-state index in [1.54, 1.807) is 19.3 Å². The fourth-order valence-electron chi connectivity index (χ4n) is 5.03. The quantitative estimate of drug-likeness (QED) is 0.640. The van der Waals surface area contributed by atoms with Crippen LogP contribution in [0, 0.1) is 5.92 Å². The lowest BCUT2D eigenvalue weighted by molar-refractivity contribution is 0.0958. The lowest BCUT2D eigenvalue weighted by Gasteiger charge is -2.35. The van der Waals surface area contributed by atoms with Crippen molar-refractivity contribution in [2.24, 2.45) is 5.92 Å². The number of aromatic amines is 1. The van der Waals surface area contributed by atoms with Gasteiger partial charge in [-0.3, -0.25) is 19.5 Å². The fraction of sp³-hybridized carbons (Fsp3) is 0.417. The molecule has 2 fully saturated rings. The largest absolute Gasteiger partial charge is 0.364 e. The Morgan fingerprint density at radius 3 is 2.75 bits per heavy atom. The molecule has 8 nitrogen and oxygen atoms in total. The Balaban J connectivity index is 1.31. The maximum absolute atomic E-state index is 12.2. The number of pyridine rings is 3. The monoisotopic (exact) mass is 432 g/mol. The van der Waals surface area contributed by atoms with Gasteiger partial charge >= 0.3 is 0 Å². The van der Waals surface area contributed by atoms with Gasteiger partial charge in [0.1, 0.15) is 5.69 Å². The minimum absolute atomic E-state index is 0.0283. The van der Waals surface area contributed by atoms with Gasteiger partial charge in [0, 0.05) is 50.5 Å². The Kier molecular flexibility index (Phi) is 5.17. The Bertz CT molecular complexity index is 1220. The molecule has 1 saturated heterocycles. The first-order chi connectivity index (χ1) is 15.5. The summed E-state index contributed by atoms with van der Waals surface area (Å²) in [7, 11) is 1.61. The highest BCUT2D eigenvalue weighted by Gasteiger charge is 2.56. The van der Waals surface area contributed by atoms with E-state index >= 15 is 0 Å². The van der Waals surface area contributed by atoms with Crippen molar-refractivity contribution in [3.05, 3.63) is 63.8 Å². The van der Waals surface area contributed by atoms with Crippen LogP contribution in [0.5, 0.6) is 0 Å². The molecule has 1 saturated carbocycles. The molecule has 0 aromatic carbocycles. The molecule has 3 aromatic rings. The molecule has 1 aliphatic carbocycles. The molecule has 2 N–H and O–H groups in total. The van der Waals surface area contributed by atoms with E-state index in [0.29, 0.717) is 30.1 Å². The van der Waals surface area contributed by atoms with Crippen molar-refractivity contribution < 1.29 is 4.79 Å². The molecule has 8 heteroatoms. The zero-order chi connectivity index (χ0) is 22.4. The van der Waals surface area contributed by atoms with E-state index in [9.17, 15) is 9.59 Å². The number of H-pyrrole nitrogens is 1. The van der Waals surface area contributed by atoms with E-state index in [-0.39, 0.29) is 11.5 Å². The number of fused-ring (bicyclic) bond motifs is 2. The summed E-state index contributed by atoms with van der Waals surface area (Å²) in [6.45, 7) is 6.92. The minimum Gasteiger partial charge on any atom is -0.364 e.